The van der Waals surface area contributed by atoms with E-state index in [2.05, 4.69) is 10.6 Å². The van der Waals surface area contributed by atoms with Crippen molar-refractivity contribution >= 4 is 29.2 Å². The molecule has 9 nitrogen and oxygen atoms in total. The first-order valence-corrected chi connectivity index (χ1v) is 10.6. The van der Waals surface area contributed by atoms with Crippen molar-refractivity contribution in [2.24, 2.45) is 0 Å². The quantitative estimate of drug-likeness (QED) is 0.314. The maximum absolute atomic E-state index is 13.0. The number of benzene rings is 3. The fourth-order valence-corrected chi connectivity index (χ4v) is 3.90. The zero-order valence-corrected chi connectivity index (χ0v) is 18.4. The number of urea groups is 1. The van der Waals surface area contributed by atoms with Gasteiger partial charge >= 0.3 is 6.03 Å². The van der Waals surface area contributed by atoms with Gasteiger partial charge in [0.2, 0.25) is 5.91 Å². The van der Waals surface area contributed by atoms with Crippen molar-refractivity contribution in [1.29, 1.82) is 0 Å². The van der Waals surface area contributed by atoms with Crippen LogP contribution in [0.5, 0.6) is 0 Å². The van der Waals surface area contributed by atoms with E-state index in [0.717, 1.165) is 16.0 Å². The normalized spacial score (nSPS) is 17.4. The molecule has 1 aliphatic heterocycles. The minimum absolute atomic E-state index is 0.0847. The third-order valence-electron chi connectivity index (χ3n) is 5.78. The topological polar surface area (TPSA) is 122 Å². The molecule has 34 heavy (non-hydrogen) atoms. The van der Waals surface area contributed by atoms with Gasteiger partial charge in [0.15, 0.2) is 0 Å². The summed E-state index contributed by atoms with van der Waals surface area (Å²) >= 11 is 0. The Labute approximate surface area is 195 Å². The number of carbonyl (C=O) groups excluding carboxylic acids is 3. The summed E-state index contributed by atoms with van der Waals surface area (Å²) in [6.07, 6.45) is -0.0847. The van der Waals surface area contributed by atoms with Crippen LogP contribution in [0, 0.1) is 10.1 Å². The Hall–Kier alpha value is -4.53. The smallest absolute Gasteiger partial charge is 0.325 e. The zero-order valence-electron chi connectivity index (χ0n) is 18.4. The van der Waals surface area contributed by atoms with Crippen LogP contribution in [0.25, 0.3) is 11.1 Å². The highest BCUT2D eigenvalue weighted by Gasteiger charge is 2.48. The summed E-state index contributed by atoms with van der Waals surface area (Å²) in [5.41, 5.74) is 1.37. The lowest BCUT2D eigenvalue weighted by molar-refractivity contribution is -0.384. The van der Waals surface area contributed by atoms with Crippen molar-refractivity contribution in [3.8, 4) is 11.1 Å². The van der Waals surface area contributed by atoms with Gasteiger partial charge in [0, 0.05) is 36.3 Å². The number of amides is 4. The second kappa shape index (κ2) is 9.14. The Bertz CT molecular complexity index is 1260. The first kappa shape index (κ1) is 22.7. The van der Waals surface area contributed by atoms with Crippen LogP contribution in [0.15, 0.2) is 78.9 Å². The molecule has 0 radical (unpaired) electrons. The van der Waals surface area contributed by atoms with Crippen LogP contribution in [0.3, 0.4) is 0 Å². The summed E-state index contributed by atoms with van der Waals surface area (Å²) in [7, 11) is 0. The highest BCUT2D eigenvalue weighted by Crippen LogP contribution is 2.31. The van der Waals surface area contributed by atoms with Crippen LogP contribution < -0.4 is 10.6 Å². The molecule has 0 spiro atoms. The molecule has 1 saturated heterocycles. The average molecular weight is 458 g/mol. The standard InChI is InChI=1S/C25H22N4O5/c1-25(18-11-13-19(14-12-18)29(33)34)23(31)28(24(32)27-25)16-15-22(30)26-21-10-6-5-9-20(21)17-7-3-2-4-8-17/h2-14H,15-16H2,1H3,(H,26,30)(H,27,32)/t25-/m1/s1. The Kier molecular flexibility index (Phi) is 6.09. The fraction of sp³-hybridized carbons (Fsp3) is 0.160. The van der Waals surface area contributed by atoms with Crippen molar-refractivity contribution in [2.75, 3.05) is 11.9 Å². The molecule has 3 aromatic carbocycles. The molecule has 172 valence electrons. The molecule has 4 rings (SSSR count). The number of carbonyl (C=O) groups is 3. The number of rotatable bonds is 7. The minimum Gasteiger partial charge on any atom is -0.325 e. The van der Waals surface area contributed by atoms with Gasteiger partial charge in [0.1, 0.15) is 5.54 Å². The predicted octanol–water partition coefficient (Wildman–Crippen LogP) is 4.06. The molecule has 2 N–H and O–H groups in total. The molecule has 4 amide bonds. The van der Waals surface area contributed by atoms with E-state index in [0.29, 0.717) is 11.3 Å². The number of nitrogens with one attached hydrogen (secondary N) is 2. The van der Waals surface area contributed by atoms with Gasteiger partial charge in [-0.15, -0.1) is 0 Å². The van der Waals surface area contributed by atoms with E-state index in [-0.39, 0.29) is 24.6 Å². The van der Waals surface area contributed by atoms with Gasteiger partial charge in [-0.1, -0.05) is 48.5 Å². The SMILES string of the molecule is C[C@]1(c2ccc([N+](=O)[O-])cc2)NC(=O)N(CCC(=O)Nc2ccccc2-c2ccccc2)C1=O. The number of imide groups is 1. The molecule has 0 unspecified atom stereocenters. The van der Waals surface area contributed by atoms with Crippen LogP contribution in [0.4, 0.5) is 16.2 Å². The lowest BCUT2D eigenvalue weighted by atomic mass is 9.92. The Morgan fingerprint density at radius 3 is 2.32 bits per heavy atom. The van der Waals surface area contributed by atoms with E-state index in [9.17, 15) is 24.5 Å². The summed E-state index contributed by atoms with van der Waals surface area (Å²) in [6, 6.07) is 21.8. The predicted molar refractivity (Wildman–Crippen MR) is 126 cm³/mol. The summed E-state index contributed by atoms with van der Waals surface area (Å²) in [6.45, 7) is 1.43. The number of para-hydroxylation sites is 1. The highest BCUT2D eigenvalue weighted by atomic mass is 16.6. The molecular weight excluding hydrogens is 436 g/mol. The van der Waals surface area contributed by atoms with Gasteiger partial charge in [0.05, 0.1) is 4.92 Å². The van der Waals surface area contributed by atoms with E-state index >= 15 is 0 Å². The Morgan fingerprint density at radius 2 is 1.65 bits per heavy atom. The van der Waals surface area contributed by atoms with Crippen molar-refractivity contribution in [3.63, 3.8) is 0 Å². The first-order chi connectivity index (χ1) is 16.3. The number of nitro benzene ring substituents is 1. The van der Waals surface area contributed by atoms with Crippen molar-refractivity contribution < 1.29 is 19.3 Å². The number of non-ortho nitro benzene ring substituents is 1. The summed E-state index contributed by atoms with van der Waals surface area (Å²) in [5, 5.41) is 16.4. The third-order valence-corrected chi connectivity index (χ3v) is 5.78. The van der Waals surface area contributed by atoms with Gasteiger partial charge in [-0.25, -0.2) is 4.79 Å². The average Bonchev–Trinajstić information content (AvgIpc) is 3.07. The Morgan fingerprint density at radius 1 is 1.00 bits per heavy atom. The molecule has 0 aliphatic carbocycles. The summed E-state index contributed by atoms with van der Waals surface area (Å²) in [4.78, 5) is 49.5. The molecule has 1 atom stereocenters. The second-order valence-corrected chi connectivity index (χ2v) is 8.03. The van der Waals surface area contributed by atoms with Crippen LogP contribution in [-0.4, -0.2) is 34.2 Å². The molecule has 0 aromatic heterocycles. The lowest BCUT2D eigenvalue weighted by Gasteiger charge is -2.22. The van der Waals surface area contributed by atoms with Crippen LogP contribution in [0.1, 0.15) is 18.9 Å². The molecule has 1 aliphatic rings. The maximum Gasteiger partial charge on any atom is 0.325 e. The van der Waals surface area contributed by atoms with Gasteiger partial charge in [0.25, 0.3) is 11.6 Å². The summed E-state index contributed by atoms with van der Waals surface area (Å²) < 4.78 is 0. The van der Waals surface area contributed by atoms with Crippen molar-refractivity contribution in [1.82, 2.24) is 10.2 Å². The van der Waals surface area contributed by atoms with Gasteiger partial charge < -0.3 is 10.6 Å². The van der Waals surface area contributed by atoms with E-state index in [1.54, 1.807) is 6.07 Å². The largest absolute Gasteiger partial charge is 0.325 e. The summed E-state index contributed by atoms with van der Waals surface area (Å²) in [5.74, 6) is -0.864. The number of hydrogen-bond acceptors (Lipinski definition) is 5. The molecule has 0 saturated carbocycles. The zero-order chi connectivity index (χ0) is 24.3. The first-order valence-electron chi connectivity index (χ1n) is 10.6. The number of hydrogen-bond donors (Lipinski definition) is 2. The molecular formula is C25H22N4O5. The van der Waals surface area contributed by atoms with E-state index in [1.807, 2.05) is 48.5 Å². The van der Waals surface area contributed by atoms with Crippen LogP contribution in [-0.2, 0) is 15.1 Å². The van der Waals surface area contributed by atoms with Gasteiger partial charge in [-0.3, -0.25) is 24.6 Å². The molecule has 3 aromatic rings. The Balaban J connectivity index is 1.43. The second-order valence-electron chi connectivity index (χ2n) is 8.03. The van der Waals surface area contributed by atoms with E-state index < -0.39 is 22.4 Å². The lowest BCUT2D eigenvalue weighted by Crippen LogP contribution is -2.41. The number of nitrogens with zero attached hydrogens (tertiary/aromatic N) is 2. The fourth-order valence-electron chi connectivity index (χ4n) is 3.90. The van der Waals surface area contributed by atoms with Gasteiger partial charge in [-0.2, -0.15) is 0 Å². The highest BCUT2D eigenvalue weighted by molar-refractivity contribution is 6.07. The van der Waals surface area contributed by atoms with E-state index in [4.69, 9.17) is 0 Å². The molecule has 1 heterocycles. The molecule has 9 heteroatoms. The number of anilines is 1. The maximum atomic E-state index is 13.0. The van der Waals surface area contributed by atoms with Crippen LogP contribution >= 0.6 is 0 Å². The third kappa shape index (κ3) is 4.36. The minimum atomic E-state index is -1.37. The van der Waals surface area contributed by atoms with Crippen molar-refractivity contribution in [2.45, 2.75) is 18.9 Å². The number of nitro groups is 1. The van der Waals surface area contributed by atoms with E-state index in [1.165, 1.54) is 31.2 Å². The van der Waals surface area contributed by atoms with Crippen molar-refractivity contribution in [3.05, 3.63) is 94.5 Å². The molecule has 0 bridgehead atoms. The van der Waals surface area contributed by atoms with Gasteiger partial charge in [-0.05, 0) is 36.2 Å². The monoisotopic (exact) mass is 458 g/mol. The van der Waals surface area contributed by atoms with Crippen LogP contribution in [0.2, 0.25) is 0 Å². The molecule has 1 fully saturated rings.